The first kappa shape index (κ1) is 12.1. The summed E-state index contributed by atoms with van der Waals surface area (Å²) in [6.45, 7) is 1.93. The predicted octanol–water partition coefficient (Wildman–Crippen LogP) is 2.53. The number of aromatic hydroxyl groups is 1. The van der Waals surface area contributed by atoms with Gasteiger partial charge in [0.25, 0.3) is 5.91 Å². The molecular weight excluding hydrogens is 254 g/mol. The van der Waals surface area contributed by atoms with E-state index in [1.54, 1.807) is 19.2 Å². The van der Waals surface area contributed by atoms with Crippen molar-refractivity contribution in [2.75, 3.05) is 7.05 Å². The average Bonchev–Trinajstić information content (AvgIpc) is 2.52. The fourth-order valence-corrected chi connectivity index (χ4v) is 2.65. The topological polar surface area (TPSA) is 40.5 Å². The first-order valence-electron chi connectivity index (χ1n) is 5.00. The van der Waals surface area contributed by atoms with Gasteiger partial charge in [-0.3, -0.25) is 9.69 Å². The van der Waals surface area contributed by atoms with Crippen LogP contribution in [-0.2, 0) is 4.79 Å². The van der Waals surface area contributed by atoms with Crippen LogP contribution in [0.5, 0.6) is 5.75 Å². The summed E-state index contributed by atoms with van der Waals surface area (Å²) < 4.78 is 0.536. The largest absolute Gasteiger partial charge is 0.507 e. The van der Waals surface area contributed by atoms with Crippen molar-refractivity contribution in [2.45, 2.75) is 6.92 Å². The van der Waals surface area contributed by atoms with Gasteiger partial charge in [-0.2, -0.15) is 0 Å². The van der Waals surface area contributed by atoms with E-state index in [2.05, 4.69) is 0 Å². The molecule has 1 amide bonds. The van der Waals surface area contributed by atoms with Gasteiger partial charge >= 0.3 is 0 Å². The molecule has 1 saturated heterocycles. The third-order valence-corrected chi connectivity index (χ3v) is 3.94. The lowest BCUT2D eigenvalue weighted by Crippen LogP contribution is -2.22. The number of hydrogen-bond donors (Lipinski definition) is 1. The Hall–Kier alpha value is -1.33. The third kappa shape index (κ3) is 2.35. The number of aryl methyl sites for hydroxylation is 1. The Labute approximate surface area is 109 Å². The normalized spacial score (nSPS) is 18.2. The van der Waals surface area contributed by atoms with Crippen LogP contribution in [0.3, 0.4) is 0 Å². The number of phenols is 1. The van der Waals surface area contributed by atoms with Crippen LogP contribution in [0.2, 0.25) is 0 Å². The van der Waals surface area contributed by atoms with Crippen molar-refractivity contribution in [3.63, 3.8) is 0 Å². The lowest BCUT2D eigenvalue weighted by Gasteiger charge is -2.04. The van der Waals surface area contributed by atoms with Crippen molar-refractivity contribution in [1.82, 2.24) is 4.90 Å². The van der Waals surface area contributed by atoms with Crippen molar-refractivity contribution >= 4 is 40.3 Å². The van der Waals surface area contributed by atoms with Crippen molar-refractivity contribution < 1.29 is 9.90 Å². The fraction of sp³-hybridized carbons (Fsp3) is 0.167. The van der Waals surface area contributed by atoms with E-state index in [1.807, 2.05) is 19.1 Å². The fourth-order valence-electron chi connectivity index (χ4n) is 1.48. The number of thioether (sulfide) groups is 1. The summed E-state index contributed by atoms with van der Waals surface area (Å²) in [6, 6.07) is 5.27. The second-order valence-corrected chi connectivity index (χ2v) is 5.48. The van der Waals surface area contributed by atoms with Crippen LogP contribution in [0, 0.1) is 6.92 Å². The minimum absolute atomic E-state index is 0.124. The Morgan fingerprint density at radius 3 is 2.76 bits per heavy atom. The smallest absolute Gasteiger partial charge is 0.265 e. The number of amides is 1. The molecule has 1 fully saturated rings. The summed E-state index contributed by atoms with van der Waals surface area (Å²) in [5.74, 6) is 0.0397. The molecular formula is C12H11NO2S2. The summed E-state index contributed by atoms with van der Waals surface area (Å²) in [4.78, 5) is 13.8. The van der Waals surface area contributed by atoms with Crippen molar-refractivity contribution in [3.8, 4) is 5.75 Å². The molecule has 0 aliphatic carbocycles. The molecule has 0 radical (unpaired) electrons. The average molecular weight is 265 g/mol. The molecule has 2 rings (SSSR count). The zero-order valence-corrected chi connectivity index (χ0v) is 11.1. The van der Waals surface area contributed by atoms with Gasteiger partial charge < -0.3 is 5.11 Å². The summed E-state index contributed by atoms with van der Waals surface area (Å²) in [5, 5.41) is 9.70. The number of thiocarbonyl (C=S) groups is 1. The van der Waals surface area contributed by atoms with E-state index in [-0.39, 0.29) is 11.7 Å². The summed E-state index contributed by atoms with van der Waals surface area (Å²) in [7, 11) is 1.65. The highest BCUT2D eigenvalue weighted by Crippen LogP contribution is 2.33. The number of carbonyl (C=O) groups is 1. The highest BCUT2D eigenvalue weighted by molar-refractivity contribution is 8.26. The number of hydrogen-bond acceptors (Lipinski definition) is 4. The SMILES string of the molecule is Cc1ccc(O)c(/C=C2/SC(=S)N(C)C2=O)c1. The summed E-state index contributed by atoms with van der Waals surface area (Å²) in [5.41, 5.74) is 1.67. The number of phenolic OH excluding ortho intramolecular Hbond substituents is 1. The molecule has 0 spiro atoms. The lowest BCUT2D eigenvalue weighted by atomic mass is 10.1. The number of benzene rings is 1. The molecule has 5 heteroatoms. The van der Waals surface area contributed by atoms with Gasteiger partial charge in [-0.1, -0.05) is 35.6 Å². The van der Waals surface area contributed by atoms with E-state index in [1.165, 1.54) is 16.7 Å². The van der Waals surface area contributed by atoms with E-state index in [9.17, 15) is 9.90 Å². The third-order valence-electron chi connectivity index (χ3n) is 2.46. The molecule has 3 nitrogen and oxygen atoms in total. The zero-order valence-electron chi connectivity index (χ0n) is 9.43. The van der Waals surface area contributed by atoms with Crippen LogP contribution >= 0.6 is 24.0 Å². The summed E-state index contributed by atoms with van der Waals surface area (Å²) in [6.07, 6.45) is 1.67. The molecule has 0 unspecified atom stereocenters. The molecule has 0 bridgehead atoms. The molecule has 0 aromatic heterocycles. The summed E-state index contributed by atoms with van der Waals surface area (Å²) >= 11 is 6.28. The Morgan fingerprint density at radius 1 is 1.47 bits per heavy atom. The molecule has 17 heavy (non-hydrogen) atoms. The van der Waals surface area contributed by atoms with Gasteiger partial charge in [-0.25, -0.2) is 0 Å². The van der Waals surface area contributed by atoms with E-state index < -0.39 is 0 Å². The van der Waals surface area contributed by atoms with Gasteiger partial charge in [0.1, 0.15) is 10.1 Å². The highest BCUT2D eigenvalue weighted by atomic mass is 32.2. The predicted molar refractivity (Wildman–Crippen MR) is 73.8 cm³/mol. The second kappa shape index (κ2) is 4.50. The molecule has 1 aromatic rings. The second-order valence-electron chi connectivity index (χ2n) is 3.80. The van der Waals surface area contributed by atoms with Crippen LogP contribution in [0.4, 0.5) is 0 Å². The first-order valence-corrected chi connectivity index (χ1v) is 6.22. The van der Waals surface area contributed by atoms with Crippen LogP contribution in [0.25, 0.3) is 6.08 Å². The lowest BCUT2D eigenvalue weighted by molar-refractivity contribution is -0.121. The van der Waals surface area contributed by atoms with Crippen molar-refractivity contribution in [1.29, 1.82) is 0 Å². The maximum atomic E-state index is 11.8. The van der Waals surface area contributed by atoms with Gasteiger partial charge in [-0.05, 0) is 25.1 Å². The Morgan fingerprint density at radius 2 is 2.18 bits per heavy atom. The van der Waals surface area contributed by atoms with Crippen LogP contribution in [0.1, 0.15) is 11.1 Å². The first-order chi connectivity index (χ1) is 7.99. The molecule has 1 aliphatic heterocycles. The van der Waals surface area contributed by atoms with Gasteiger partial charge in [-0.15, -0.1) is 0 Å². The van der Waals surface area contributed by atoms with Gasteiger partial charge in [0.05, 0.1) is 4.91 Å². The van der Waals surface area contributed by atoms with Crippen LogP contribution in [-0.4, -0.2) is 27.3 Å². The standard InChI is InChI=1S/C12H11NO2S2/c1-7-3-4-9(14)8(5-7)6-10-11(15)13(2)12(16)17-10/h3-6,14H,1-2H3/b10-6+. The quantitative estimate of drug-likeness (QED) is 0.626. The molecule has 0 saturated carbocycles. The molecule has 1 aromatic carbocycles. The van der Waals surface area contributed by atoms with Gasteiger partial charge in [0.15, 0.2) is 0 Å². The molecule has 0 atom stereocenters. The Bertz CT molecular complexity index is 537. The monoisotopic (exact) mass is 265 g/mol. The van der Waals surface area contributed by atoms with E-state index in [4.69, 9.17) is 12.2 Å². The molecule has 1 heterocycles. The Kier molecular flexibility index (Phi) is 3.22. The van der Waals surface area contributed by atoms with Crippen molar-refractivity contribution in [3.05, 3.63) is 34.2 Å². The van der Waals surface area contributed by atoms with Crippen LogP contribution in [0.15, 0.2) is 23.1 Å². The zero-order chi connectivity index (χ0) is 12.6. The van der Waals surface area contributed by atoms with E-state index >= 15 is 0 Å². The van der Waals surface area contributed by atoms with E-state index in [0.29, 0.717) is 14.8 Å². The Balaban J connectivity index is 2.40. The number of nitrogens with zero attached hydrogens (tertiary/aromatic N) is 1. The number of carbonyl (C=O) groups excluding carboxylic acids is 1. The minimum Gasteiger partial charge on any atom is -0.507 e. The highest BCUT2D eigenvalue weighted by Gasteiger charge is 2.28. The number of likely N-dealkylation sites (N-methyl/N-ethyl adjacent to an activating group) is 1. The van der Waals surface area contributed by atoms with Crippen LogP contribution < -0.4 is 0 Å². The minimum atomic E-state index is -0.124. The maximum absolute atomic E-state index is 11.8. The van der Waals surface area contributed by atoms with E-state index in [0.717, 1.165) is 5.56 Å². The molecule has 88 valence electrons. The number of rotatable bonds is 1. The molecule has 1 aliphatic rings. The van der Waals surface area contributed by atoms with Gasteiger partial charge in [0.2, 0.25) is 0 Å². The van der Waals surface area contributed by atoms with Gasteiger partial charge in [0, 0.05) is 12.6 Å². The van der Waals surface area contributed by atoms with Crippen molar-refractivity contribution in [2.24, 2.45) is 0 Å². The molecule has 1 N–H and O–H groups in total. The maximum Gasteiger partial charge on any atom is 0.265 e.